The molecule has 84 valence electrons. The molecule has 0 rings (SSSR count). The SMILES string of the molecule is CC(C)=CCCC(C)(C)O[Si](C)(C)C. The number of hydrogen-bond donors (Lipinski definition) is 0. The van der Waals surface area contributed by atoms with Crippen LogP contribution in [0.1, 0.15) is 40.5 Å². The van der Waals surface area contributed by atoms with Gasteiger partial charge in [-0.1, -0.05) is 11.6 Å². The lowest BCUT2D eigenvalue weighted by Crippen LogP contribution is -2.38. The van der Waals surface area contributed by atoms with Crippen LogP contribution in [0.2, 0.25) is 19.6 Å². The Morgan fingerprint density at radius 1 is 1.21 bits per heavy atom. The fraction of sp³-hybridized carbons (Fsp3) is 0.833. The van der Waals surface area contributed by atoms with Crippen molar-refractivity contribution < 1.29 is 4.43 Å². The number of allylic oxidation sites excluding steroid dienone is 2. The number of rotatable bonds is 5. The van der Waals surface area contributed by atoms with E-state index in [1.54, 1.807) is 0 Å². The zero-order valence-electron chi connectivity index (χ0n) is 10.9. The van der Waals surface area contributed by atoms with Crippen molar-refractivity contribution in [3.8, 4) is 0 Å². The highest BCUT2D eigenvalue weighted by atomic mass is 28.4. The van der Waals surface area contributed by atoms with E-state index in [0.29, 0.717) is 0 Å². The molecule has 0 N–H and O–H groups in total. The van der Waals surface area contributed by atoms with Crippen LogP contribution in [0.5, 0.6) is 0 Å². The Bertz CT molecular complexity index is 195. The first-order valence-corrected chi connectivity index (χ1v) is 8.87. The molecular formula is C12H26OSi. The van der Waals surface area contributed by atoms with Crippen LogP contribution >= 0.6 is 0 Å². The van der Waals surface area contributed by atoms with Crippen molar-refractivity contribution in [2.75, 3.05) is 0 Å². The summed E-state index contributed by atoms with van der Waals surface area (Å²) in [6.07, 6.45) is 4.53. The normalized spacial score (nSPS) is 12.8. The summed E-state index contributed by atoms with van der Waals surface area (Å²) < 4.78 is 6.12. The molecule has 0 aromatic rings. The van der Waals surface area contributed by atoms with Crippen LogP contribution in [-0.2, 0) is 4.43 Å². The lowest BCUT2D eigenvalue weighted by atomic mass is 10.0. The van der Waals surface area contributed by atoms with Crippen LogP contribution in [0.25, 0.3) is 0 Å². The Morgan fingerprint density at radius 2 is 1.71 bits per heavy atom. The Balaban J connectivity index is 4.02. The maximum absolute atomic E-state index is 6.12. The Kier molecular flexibility index (Phi) is 5.10. The fourth-order valence-electron chi connectivity index (χ4n) is 1.59. The molecule has 0 aromatic heterocycles. The van der Waals surface area contributed by atoms with Crippen molar-refractivity contribution in [3.05, 3.63) is 11.6 Å². The Labute approximate surface area is 90.7 Å². The average molecular weight is 214 g/mol. The molecule has 0 aromatic carbocycles. The van der Waals surface area contributed by atoms with Gasteiger partial charge in [0.15, 0.2) is 8.32 Å². The standard InChI is InChI=1S/C12H26OSi/c1-11(2)9-8-10-12(3,4)13-14(5,6)7/h9H,8,10H2,1-7H3. The van der Waals surface area contributed by atoms with Crippen molar-refractivity contribution in [2.45, 2.75) is 65.8 Å². The van der Waals surface area contributed by atoms with E-state index in [1.807, 2.05) is 0 Å². The van der Waals surface area contributed by atoms with Gasteiger partial charge in [0.25, 0.3) is 0 Å². The van der Waals surface area contributed by atoms with Gasteiger partial charge >= 0.3 is 0 Å². The maximum atomic E-state index is 6.12. The van der Waals surface area contributed by atoms with Crippen molar-refractivity contribution in [1.82, 2.24) is 0 Å². The van der Waals surface area contributed by atoms with Crippen LogP contribution in [-0.4, -0.2) is 13.9 Å². The monoisotopic (exact) mass is 214 g/mol. The smallest absolute Gasteiger partial charge is 0.184 e. The van der Waals surface area contributed by atoms with E-state index in [2.05, 4.69) is 53.4 Å². The first-order chi connectivity index (χ1) is 6.12. The van der Waals surface area contributed by atoms with E-state index in [1.165, 1.54) is 5.57 Å². The Hall–Kier alpha value is -0.0831. The van der Waals surface area contributed by atoms with Crippen LogP contribution in [0.4, 0.5) is 0 Å². The zero-order valence-corrected chi connectivity index (χ0v) is 11.9. The lowest BCUT2D eigenvalue weighted by Gasteiger charge is -2.32. The molecule has 0 bridgehead atoms. The second kappa shape index (κ2) is 5.13. The molecule has 1 nitrogen and oxygen atoms in total. The molecule has 0 amide bonds. The molecule has 0 saturated heterocycles. The summed E-state index contributed by atoms with van der Waals surface area (Å²) >= 11 is 0. The van der Waals surface area contributed by atoms with Gasteiger partial charge in [-0.15, -0.1) is 0 Å². The minimum atomic E-state index is -1.39. The predicted molar refractivity (Wildman–Crippen MR) is 67.2 cm³/mol. The molecule has 0 unspecified atom stereocenters. The molecule has 0 aliphatic carbocycles. The van der Waals surface area contributed by atoms with Gasteiger partial charge < -0.3 is 4.43 Å². The summed E-state index contributed by atoms with van der Waals surface area (Å²) in [4.78, 5) is 0. The molecule has 0 spiro atoms. The van der Waals surface area contributed by atoms with Crippen molar-refractivity contribution in [3.63, 3.8) is 0 Å². The van der Waals surface area contributed by atoms with Crippen molar-refractivity contribution in [2.24, 2.45) is 0 Å². The highest BCUT2D eigenvalue weighted by Gasteiger charge is 2.26. The second-order valence-electron chi connectivity index (χ2n) is 5.79. The van der Waals surface area contributed by atoms with E-state index in [-0.39, 0.29) is 5.60 Å². The van der Waals surface area contributed by atoms with Gasteiger partial charge in [0, 0.05) is 0 Å². The first kappa shape index (κ1) is 13.9. The van der Waals surface area contributed by atoms with E-state index in [9.17, 15) is 0 Å². The van der Waals surface area contributed by atoms with Gasteiger partial charge in [-0.3, -0.25) is 0 Å². The molecule has 2 heteroatoms. The highest BCUT2D eigenvalue weighted by Crippen LogP contribution is 2.22. The summed E-state index contributed by atoms with van der Waals surface area (Å²) in [7, 11) is -1.39. The van der Waals surface area contributed by atoms with Crippen LogP contribution < -0.4 is 0 Å². The van der Waals surface area contributed by atoms with Gasteiger partial charge in [0.05, 0.1) is 5.60 Å². The maximum Gasteiger partial charge on any atom is 0.184 e. The molecule has 0 aliphatic rings. The quantitative estimate of drug-likeness (QED) is 0.488. The molecule has 0 atom stereocenters. The summed E-state index contributed by atoms with van der Waals surface area (Å²) in [5, 5.41) is 0. The topological polar surface area (TPSA) is 9.23 Å². The molecule has 14 heavy (non-hydrogen) atoms. The number of hydrogen-bond acceptors (Lipinski definition) is 1. The minimum absolute atomic E-state index is 0.0381. The minimum Gasteiger partial charge on any atom is -0.413 e. The third kappa shape index (κ3) is 8.51. The van der Waals surface area contributed by atoms with Crippen LogP contribution in [0.3, 0.4) is 0 Å². The third-order valence-corrected chi connectivity index (χ3v) is 3.05. The van der Waals surface area contributed by atoms with Crippen LogP contribution in [0.15, 0.2) is 11.6 Å². The van der Waals surface area contributed by atoms with E-state index in [0.717, 1.165) is 12.8 Å². The Morgan fingerprint density at radius 3 is 2.07 bits per heavy atom. The largest absolute Gasteiger partial charge is 0.413 e. The molecule has 0 heterocycles. The van der Waals surface area contributed by atoms with Gasteiger partial charge in [-0.2, -0.15) is 0 Å². The zero-order chi connectivity index (χ0) is 11.4. The summed E-state index contributed by atoms with van der Waals surface area (Å²) in [6.45, 7) is 15.4. The molecule has 0 saturated carbocycles. The third-order valence-electron chi connectivity index (χ3n) is 1.88. The first-order valence-electron chi connectivity index (χ1n) is 5.46. The molecule has 0 radical (unpaired) electrons. The van der Waals surface area contributed by atoms with Crippen LogP contribution in [0, 0.1) is 0 Å². The predicted octanol–water partition coefficient (Wildman–Crippen LogP) is 4.36. The van der Waals surface area contributed by atoms with Gasteiger partial charge in [-0.05, 0) is 60.2 Å². The van der Waals surface area contributed by atoms with E-state index >= 15 is 0 Å². The van der Waals surface area contributed by atoms with Crippen molar-refractivity contribution in [1.29, 1.82) is 0 Å². The summed E-state index contributed by atoms with van der Waals surface area (Å²) in [6, 6.07) is 0. The second-order valence-corrected chi connectivity index (χ2v) is 10.2. The van der Waals surface area contributed by atoms with Gasteiger partial charge in [-0.25, -0.2) is 0 Å². The average Bonchev–Trinajstić information content (AvgIpc) is 1.78. The lowest BCUT2D eigenvalue weighted by molar-refractivity contribution is 0.0924. The highest BCUT2D eigenvalue weighted by molar-refractivity contribution is 6.69. The summed E-state index contributed by atoms with van der Waals surface area (Å²) in [5.74, 6) is 0. The van der Waals surface area contributed by atoms with Crippen molar-refractivity contribution >= 4 is 8.32 Å². The molecule has 0 fully saturated rings. The van der Waals surface area contributed by atoms with E-state index < -0.39 is 8.32 Å². The fourth-order valence-corrected chi connectivity index (χ4v) is 3.35. The molecule has 0 aliphatic heterocycles. The van der Waals surface area contributed by atoms with E-state index in [4.69, 9.17) is 4.43 Å². The molecular weight excluding hydrogens is 188 g/mol. The summed E-state index contributed by atoms with van der Waals surface area (Å²) in [5.41, 5.74) is 1.44. The van der Waals surface area contributed by atoms with Gasteiger partial charge in [0.1, 0.15) is 0 Å². The van der Waals surface area contributed by atoms with Gasteiger partial charge in [0.2, 0.25) is 0 Å².